The third-order valence-corrected chi connectivity index (χ3v) is 6.69. The molecule has 0 amide bonds. The van der Waals surface area contributed by atoms with Crippen LogP contribution in [0.25, 0.3) is 0 Å². The van der Waals surface area contributed by atoms with Gasteiger partial charge >= 0.3 is 5.97 Å². The molecule has 0 fully saturated rings. The summed E-state index contributed by atoms with van der Waals surface area (Å²) in [6.45, 7) is 3.85. The zero-order chi connectivity index (χ0) is 20.7. The normalized spacial score (nSPS) is 21.7. The van der Waals surface area contributed by atoms with Crippen LogP contribution in [0.4, 0.5) is 4.39 Å². The molecule has 0 spiro atoms. The second kappa shape index (κ2) is 7.59. The molecule has 29 heavy (non-hydrogen) atoms. The molecule has 2 atom stereocenters. The largest absolute Gasteiger partial charge is 0.466 e. The Kier molecular flexibility index (Phi) is 5.13. The van der Waals surface area contributed by atoms with Crippen LogP contribution >= 0.6 is 11.3 Å². The number of aryl methyl sites for hydroxylation is 1. The Morgan fingerprint density at radius 3 is 2.48 bits per heavy atom. The van der Waals surface area contributed by atoms with Gasteiger partial charge < -0.3 is 10.1 Å². The number of esters is 1. The number of thiophene rings is 1. The number of benzene rings is 1. The number of hydrogen-bond acceptors (Lipinski definition) is 5. The van der Waals surface area contributed by atoms with Gasteiger partial charge in [-0.25, -0.2) is 9.18 Å². The van der Waals surface area contributed by atoms with Crippen molar-refractivity contribution >= 4 is 23.1 Å². The van der Waals surface area contributed by atoms with E-state index in [1.807, 2.05) is 26.0 Å². The average molecular weight is 411 g/mol. The molecular weight excluding hydrogens is 389 g/mol. The Hall–Kier alpha value is -2.73. The van der Waals surface area contributed by atoms with Crippen LogP contribution in [0, 0.1) is 12.7 Å². The molecule has 1 N–H and O–H groups in total. The first-order chi connectivity index (χ1) is 13.9. The Balaban J connectivity index is 1.78. The van der Waals surface area contributed by atoms with Crippen LogP contribution < -0.4 is 5.32 Å². The van der Waals surface area contributed by atoms with E-state index < -0.39 is 11.9 Å². The van der Waals surface area contributed by atoms with Crippen molar-refractivity contribution in [2.75, 3.05) is 7.11 Å². The van der Waals surface area contributed by atoms with Gasteiger partial charge in [-0.3, -0.25) is 4.79 Å². The molecule has 6 heteroatoms. The SMILES string of the molecule is COC(=O)C1=C(C)NC2=C(C(=O)C[C@H](c3ccc(F)cc3)C2)[C@@H]1c1ccc(C)s1. The van der Waals surface area contributed by atoms with Crippen molar-refractivity contribution in [1.82, 2.24) is 5.32 Å². The Bertz CT molecular complexity index is 1050. The number of ether oxygens (including phenoxy) is 1. The van der Waals surface area contributed by atoms with Gasteiger partial charge in [0.1, 0.15) is 5.82 Å². The highest BCUT2D eigenvalue weighted by Crippen LogP contribution is 2.47. The summed E-state index contributed by atoms with van der Waals surface area (Å²) in [7, 11) is 1.36. The molecule has 0 saturated carbocycles. The van der Waals surface area contributed by atoms with Crippen LogP contribution in [-0.4, -0.2) is 18.9 Å². The fraction of sp³-hybridized carbons (Fsp3) is 0.304. The second-order valence-corrected chi connectivity index (χ2v) is 8.83. The van der Waals surface area contributed by atoms with Gasteiger partial charge in [0.05, 0.1) is 18.6 Å². The second-order valence-electron chi connectivity index (χ2n) is 7.51. The number of hydrogen-bond donors (Lipinski definition) is 1. The molecular formula is C23H22FNO3S. The summed E-state index contributed by atoms with van der Waals surface area (Å²) in [4.78, 5) is 28.0. The highest BCUT2D eigenvalue weighted by molar-refractivity contribution is 7.12. The van der Waals surface area contributed by atoms with Crippen LogP contribution in [0.5, 0.6) is 0 Å². The third-order valence-electron chi connectivity index (χ3n) is 5.62. The van der Waals surface area contributed by atoms with E-state index in [1.165, 1.54) is 19.2 Å². The molecule has 150 valence electrons. The minimum Gasteiger partial charge on any atom is -0.466 e. The molecule has 2 heterocycles. The molecule has 1 aromatic carbocycles. The maximum absolute atomic E-state index is 13.3. The van der Waals surface area contributed by atoms with Crippen LogP contribution in [0.3, 0.4) is 0 Å². The number of nitrogens with one attached hydrogen (secondary N) is 1. The monoisotopic (exact) mass is 411 g/mol. The van der Waals surface area contributed by atoms with Gasteiger partial charge in [-0.1, -0.05) is 12.1 Å². The van der Waals surface area contributed by atoms with Crippen LogP contribution in [0.1, 0.15) is 46.9 Å². The highest BCUT2D eigenvalue weighted by atomic mass is 32.1. The summed E-state index contributed by atoms with van der Waals surface area (Å²) in [6.07, 6.45) is 0.972. The van der Waals surface area contributed by atoms with E-state index in [-0.39, 0.29) is 17.5 Å². The van der Waals surface area contributed by atoms with Crippen LogP contribution in [0.15, 0.2) is 58.9 Å². The van der Waals surface area contributed by atoms with Gasteiger partial charge in [-0.05, 0) is 56.0 Å². The fourth-order valence-electron chi connectivity index (χ4n) is 4.28. The van der Waals surface area contributed by atoms with Crippen molar-refractivity contribution in [1.29, 1.82) is 0 Å². The summed E-state index contributed by atoms with van der Waals surface area (Å²) in [6, 6.07) is 10.3. The maximum atomic E-state index is 13.3. The smallest absolute Gasteiger partial charge is 0.336 e. The summed E-state index contributed by atoms with van der Waals surface area (Å²) < 4.78 is 18.3. The third kappa shape index (κ3) is 3.53. The van der Waals surface area contributed by atoms with Gasteiger partial charge in [-0.15, -0.1) is 11.3 Å². The highest BCUT2D eigenvalue weighted by Gasteiger charge is 2.41. The van der Waals surface area contributed by atoms with E-state index in [1.54, 1.807) is 23.5 Å². The lowest BCUT2D eigenvalue weighted by Gasteiger charge is -2.36. The molecule has 2 aromatic rings. The Morgan fingerprint density at radius 1 is 1.14 bits per heavy atom. The average Bonchev–Trinajstić information content (AvgIpc) is 3.12. The number of carbonyl (C=O) groups excluding carboxylic acids is 2. The molecule has 1 aromatic heterocycles. The molecule has 4 rings (SSSR count). The van der Waals surface area contributed by atoms with Crippen molar-refractivity contribution in [3.05, 3.63) is 80.1 Å². The van der Waals surface area contributed by atoms with Crippen molar-refractivity contribution < 1.29 is 18.7 Å². The van der Waals surface area contributed by atoms with Crippen molar-refractivity contribution in [2.45, 2.75) is 38.5 Å². The topological polar surface area (TPSA) is 55.4 Å². The minimum atomic E-state index is -0.425. The quantitative estimate of drug-likeness (QED) is 0.742. The Labute approximate surface area is 173 Å². The van der Waals surface area contributed by atoms with Gasteiger partial charge in [-0.2, -0.15) is 0 Å². The van der Waals surface area contributed by atoms with E-state index in [2.05, 4.69) is 5.32 Å². The molecule has 0 radical (unpaired) electrons. The van der Waals surface area contributed by atoms with Crippen molar-refractivity contribution in [3.8, 4) is 0 Å². The van der Waals surface area contributed by atoms with E-state index in [9.17, 15) is 14.0 Å². The van der Waals surface area contributed by atoms with Gasteiger partial charge in [0.15, 0.2) is 5.78 Å². The molecule has 0 saturated heterocycles. The number of Topliss-reactive ketones (excluding diaryl/α,β-unsaturated/α-hetero) is 1. The number of carbonyl (C=O) groups is 2. The summed E-state index contributed by atoms with van der Waals surface area (Å²) in [5.74, 6) is -1.14. The summed E-state index contributed by atoms with van der Waals surface area (Å²) >= 11 is 1.59. The number of allylic oxidation sites excluding steroid dienone is 3. The zero-order valence-corrected chi connectivity index (χ0v) is 17.4. The van der Waals surface area contributed by atoms with Gasteiger partial charge in [0.25, 0.3) is 0 Å². The number of halogens is 1. The molecule has 2 aliphatic rings. The maximum Gasteiger partial charge on any atom is 0.336 e. The van der Waals surface area contributed by atoms with E-state index in [0.717, 1.165) is 21.0 Å². The number of dihydropyridines is 1. The lowest BCUT2D eigenvalue weighted by atomic mass is 9.73. The summed E-state index contributed by atoms with van der Waals surface area (Å²) in [5.41, 5.74) is 3.63. The van der Waals surface area contributed by atoms with E-state index in [4.69, 9.17) is 4.74 Å². The first-order valence-corrected chi connectivity index (χ1v) is 10.3. The van der Waals surface area contributed by atoms with E-state index >= 15 is 0 Å². The predicted molar refractivity (Wildman–Crippen MR) is 110 cm³/mol. The first kappa shape index (κ1) is 19.6. The van der Waals surface area contributed by atoms with Gasteiger partial charge in [0, 0.05) is 33.1 Å². The number of ketones is 1. The molecule has 1 aliphatic carbocycles. The molecule has 1 aliphatic heterocycles. The zero-order valence-electron chi connectivity index (χ0n) is 16.5. The minimum absolute atomic E-state index is 0.0121. The summed E-state index contributed by atoms with van der Waals surface area (Å²) in [5, 5.41) is 3.30. The fourth-order valence-corrected chi connectivity index (χ4v) is 5.28. The Morgan fingerprint density at radius 2 is 1.86 bits per heavy atom. The lowest BCUT2D eigenvalue weighted by Crippen LogP contribution is -2.35. The molecule has 4 nitrogen and oxygen atoms in total. The number of rotatable bonds is 3. The van der Waals surface area contributed by atoms with Gasteiger partial charge in [0.2, 0.25) is 0 Å². The predicted octanol–water partition coefficient (Wildman–Crippen LogP) is 4.73. The van der Waals surface area contributed by atoms with Crippen molar-refractivity contribution in [3.63, 3.8) is 0 Å². The van der Waals surface area contributed by atoms with E-state index in [0.29, 0.717) is 29.7 Å². The molecule has 0 unspecified atom stereocenters. The number of methoxy groups -OCH3 is 1. The lowest BCUT2D eigenvalue weighted by molar-refractivity contribution is -0.136. The first-order valence-electron chi connectivity index (χ1n) is 9.53. The van der Waals surface area contributed by atoms with Crippen LogP contribution in [-0.2, 0) is 14.3 Å². The van der Waals surface area contributed by atoms with Crippen molar-refractivity contribution in [2.24, 2.45) is 0 Å². The molecule has 0 bridgehead atoms. The standard InChI is InChI=1S/C23H22FNO3S/c1-12-4-9-19(29-12)22-20(23(27)28-3)13(2)25-17-10-15(11-18(26)21(17)22)14-5-7-16(24)8-6-14/h4-9,15,22,25H,10-11H2,1-3H3/t15-,22-/m1/s1. The van der Waals surface area contributed by atoms with Crippen LogP contribution in [0.2, 0.25) is 0 Å².